The van der Waals surface area contributed by atoms with Crippen LogP contribution in [-0.4, -0.2) is 35.0 Å². The molecule has 0 spiro atoms. The second-order valence-electron chi connectivity index (χ2n) is 6.58. The summed E-state index contributed by atoms with van der Waals surface area (Å²) in [7, 11) is 0. The Morgan fingerprint density at radius 1 is 1.12 bits per heavy atom. The minimum absolute atomic E-state index is 0.0234. The summed E-state index contributed by atoms with van der Waals surface area (Å²) in [5, 5.41) is 24.3. The number of carbonyl (C=O) groups is 1. The van der Waals surface area contributed by atoms with E-state index >= 15 is 0 Å². The summed E-state index contributed by atoms with van der Waals surface area (Å²) < 4.78 is 0. The molecule has 0 saturated heterocycles. The minimum atomic E-state index is -1.03. The van der Waals surface area contributed by atoms with E-state index in [1.165, 1.54) is 5.56 Å². The Bertz CT molecular complexity index is 696. The molecular weight excluding hydrogens is 316 g/mol. The zero-order chi connectivity index (χ0) is 18.3. The summed E-state index contributed by atoms with van der Waals surface area (Å²) >= 11 is 0. The molecule has 0 radical (unpaired) electrons. The third-order valence-corrected chi connectivity index (χ3v) is 4.00. The molecule has 2 aromatic carbocycles. The number of carbonyl (C=O) groups excluding carboxylic acids is 1. The van der Waals surface area contributed by atoms with Crippen LogP contribution in [0, 0.1) is 6.92 Å². The number of rotatable bonds is 7. The van der Waals surface area contributed by atoms with Crippen molar-refractivity contribution in [2.45, 2.75) is 32.3 Å². The number of hydrogen-bond donors (Lipinski definition) is 4. The first kappa shape index (κ1) is 19.0. The van der Waals surface area contributed by atoms with E-state index in [9.17, 15) is 9.90 Å². The number of amides is 2. The quantitative estimate of drug-likeness (QED) is 0.623. The van der Waals surface area contributed by atoms with Crippen molar-refractivity contribution in [2.24, 2.45) is 0 Å². The highest BCUT2D eigenvalue weighted by molar-refractivity contribution is 5.89. The molecule has 5 nitrogen and oxygen atoms in total. The van der Waals surface area contributed by atoms with Crippen molar-refractivity contribution < 1.29 is 15.0 Å². The second kappa shape index (κ2) is 8.65. The predicted molar refractivity (Wildman–Crippen MR) is 101 cm³/mol. The van der Waals surface area contributed by atoms with E-state index in [0.29, 0.717) is 18.5 Å². The van der Waals surface area contributed by atoms with Crippen LogP contribution in [0.25, 0.3) is 11.1 Å². The Hall–Kier alpha value is -2.37. The SMILES string of the molecule is Cc1cccc(-c2ccc(NC(=O)NC[C@](C)(O)CCCO)cc2)c1. The number of aliphatic hydroxyl groups is 2. The molecule has 25 heavy (non-hydrogen) atoms. The number of urea groups is 1. The van der Waals surface area contributed by atoms with Crippen LogP contribution in [0.1, 0.15) is 25.3 Å². The lowest BCUT2D eigenvalue weighted by atomic mass is 10.0. The molecule has 0 saturated carbocycles. The van der Waals surface area contributed by atoms with Crippen molar-refractivity contribution in [3.05, 3.63) is 54.1 Å². The fourth-order valence-electron chi connectivity index (χ4n) is 2.56. The van der Waals surface area contributed by atoms with Crippen LogP contribution in [0.15, 0.2) is 48.5 Å². The molecule has 0 fully saturated rings. The summed E-state index contributed by atoms with van der Waals surface area (Å²) in [6, 6.07) is 15.5. The molecule has 2 amide bonds. The maximum absolute atomic E-state index is 11.9. The highest BCUT2D eigenvalue weighted by Gasteiger charge is 2.20. The summed E-state index contributed by atoms with van der Waals surface area (Å²) in [6.45, 7) is 3.84. The van der Waals surface area contributed by atoms with Crippen LogP contribution < -0.4 is 10.6 Å². The molecule has 4 N–H and O–H groups in total. The number of nitrogens with one attached hydrogen (secondary N) is 2. The van der Waals surface area contributed by atoms with E-state index < -0.39 is 5.60 Å². The van der Waals surface area contributed by atoms with Crippen molar-refractivity contribution in [2.75, 3.05) is 18.5 Å². The molecule has 0 heterocycles. The first-order valence-corrected chi connectivity index (χ1v) is 8.45. The van der Waals surface area contributed by atoms with Gasteiger partial charge in [0, 0.05) is 18.8 Å². The average Bonchev–Trinajstić information content (AvgIpc) is 2.59. The zero-order valence-corrected chi connectivity index (χ0v) is 14.7. The molecule has 0 unspecified atom stereocenters. The molecule has 0 bridgehead atoms. The Kier molecular flexibility index (Phi) is 6.56. The van der Waals surface area contributed by atoms with Gasteiger partial charge in [-0.05, 0) is 49.9 Å². The molecule has 2 rings (SSSR count). The van der Waals surface area contributed by atoms with Crippen molar-refractivity contribution in [3.63, 3.8) is 0 Å². The van der Waals surface area contributed by atoms with Gasteiger partial charge in [-0.1, -0.05) is 42.0 Å². The van der Waals surface area contributed by atoms with Crippen LogP contribution in [0.4, 0.5) is 10.5 Å². The lowest BCUT2D eigenvalue weighted by molar-refractivity contribution is 0.0464. The van der Waals surface area contributed by atoms with Crippen molar-refractivity contribution in [3.8, 4) is 11.1 Å². The summed E-state index contributed by atoms with van der Waals surface area (Å²) in [5.41, 5.74) is 3.07. The van der Waals surface area contributed by atoms with Gasteiger partial charge >= 0.3 is 6.03 Å². The molecule has 2 aromatic rings. The van der Waals surface area contributed by atoms with Crippen molar-refractivity contribution >= 4 is 11.7 Å². The van der Waals surface area contributed by atoms with Crippen LogP contribution in [0.2, 0.25) is 0 Å². The number of aryl methyl sites for hydroxylation is 1. The lowest BCUT2D eigenvalue weighted by Gasteiger charge is -2.23. The summed E-state index contributed by atoms with van der Waals surface area (Å²) in [5.74, 6) is 0. The number of benzene rings is 2. The first-order valence-electron chi connectivity index (χ1n) is 8.45. The molecular formula is C20H26N2O3. The first-order chi connectivity index (χ1) is 11.9. The number of anilines is 1. The van der Waals surface area contributed by atoms with Gasteiger partial charge in [-0.3, -0.25) is 0 Å². The summed E-state index contributed by atoms with van der Waals surface area (Å²) in [4.78, 5) is 11.9. The van der Waals surface area contributed by atoms with Crippen LogP contribution in [0.5, 0.6) is 0 Å². The van der Waals surface area contributed by atoms with Crippen LogP contribution >= 0.6 is 0 Å². The maximum atomic E-state index is 11.9. The molecule has 0 aliphatic heterocycles. The molecule has 134 valence electrons. The number of hydrogen-bond acceptors (Lipinski definition) is 3. The Morgan fingerprint density at radius 2 is 1.84 bits per heavy atom. The topological polar surface area (TPSA) is 81.6 Å². The van der Waals surface area contributed by atoms with Gasteiger partial charge in [0.15, 0.2) is 0 Å². The Morgan fingerprint density at radius 3 is 2.48 bits per heavy atom. The van der Waals surface area contributed by atoms with E-state index in [4.69, 9.17) is 5.11 Å². The standard InChI is InChI=1S/C20H26N2O3/c1-15-5-3-6-17(13-15)16-7-9-18(10-8-16)22-19(24)21-14-20(2,25)11-4-12-23/h3,5-10,13,23,25H,4,11-12,14H2,1-2H3,(H2,21,22,24)/t20-/m1/s1. The highest BCUT2D eigenvalue weighted by Crippen LogP contribution is 2.22. The van der Waals surface area contributed by atoms with Gasteiger partial charge in [-0.25, -0.2) is 4.79 Å². The van der Waals surface area contributed by atoms with Crippen LogP contribution in [0.3, 0.4) is 0 Å². The minimum Gasteiger partial charge on any atom is -0.396 e. The summed E-state index contributed by atoms with van der Waals surface area (Å²) in [6.07, 6.45) is 0.922. The monoisotopic (exact) mass is 342 g/mol. The van der Waals surface area contributed by atoms with Gasteiger partial charge < -0.3 is 20.8 Å². The molecule has 0 aliphatic carbocycles. The second-order valence-corrected chi connectivity index (χ2v) is 6.58. The van der Waals surface area contributed by atoms with E-state index in [1.54, 1.807) is 6.92 Å². The Labute approximate surface area is 148 Å². The maximum Gasteiger partial charge on any atom is 0.319 e. The number of aliphatic hydroxyl groups excluding tert-OH is 1. The van der Waals surface area contributed by atoms with Gasteiger partial charge in [0.1, 0.15) is 0 Å². The third-order valence-electron chi connectivity index (χ3n) is 4.00. The largest absolute Gasteiger partial charge is 0.396 e. The van der Waals surface area contributed by atoms with Gasteiger partial charge in [0.25, 0.3) is 0 Å². The fraction of sp³-hybridized carbons (Fsp3) is 0.350. The molecule has 0 aromatic heterocycles. The third kappa shape index (κ3) is 6.21. The predicted octanol–water partition coefficient (Wildman–Crippen LogP) is 3.31. The molecule has 5 heteroatoms. The van der Waals surface area contributed by atoms with Gasteiger partial charge in [-0.2, -0.15) is 0 Å². The smallest absolute Gasteiger partial charge is 0.319 e. The molecule has 1 atom stereocenters. The van der Waals surface area contributed by atoms with Gasteiger partial charge in [-0.15, -0.1) is 0 Å². The van der Waals surface area contributed by atoms with E-state index in [2.05, 4.69) is 35.8 Å². The normalized spacial score (nSPS) is 13.1. The van der Waals surface area contributed by atoms with Crippen molar-refractivity contribution in [1.29, 1.82) is 0 Å². The lowest BCUT2D eigenvalue weighted by Crippen LogP contribution is -2.42. The van der Waals surface area contributed by atoms with E-state index in [1.807, 2.05) is 30.3 Å². The fourth-order valence-corrected chi connectivity index (χ4v) is 2.56. The zero-order valence-electron chi connectivity index (χ0n) is 14.7. The molecule has 0 aliphatic rings. The van der Waals surface area contributed by atoms with Gasteiger partial charge in [0.2, 0.25) is 0 Å². The van der Waals surface area contributed by atoms with Crippen molar-refractivity contribution in [1.82, 2.24) is 5.32 Å². The van der Waals surface area contributed by atoms with E-state index in [-0.39, 0.29) is 19.2 Å². The highest BCUT2D eigenvalue weighted by atomic mass is 16.3. The average molecular weight is 342 g/mol. The van der Waals surface area contributed by atoms with Crippen LogP contribution in [-0.2, 0) is 0 Å². The Balaban J connectivity index is 1.89. The van der Waals surface area contributed by atoms with Gasteiger partial charge in [0.05, 0.1) is 5.60 Å². The van der Waals surface area contributed by atoms with E-state index in [0.717, 1.165) is 11.1 Å².